The van der Waals surface area contributed by atoms with Crippen LogP contribution in [0.4, 0.5) is 34.1 Å². The Morgan fingerprint density at radius 3 is 1.59 bits per heavy atom. The lowest BCUT2D eigenvalue weighted by molar-refractivity contribution is 0.487. The molecule has 63 heavy (non-hydrogen) atoms. The van der Waals surface area contributed by atoms with Crippen LogP contribution in [0.5, 0.6) is 11.5 Å². The molecule has 4 heteroatoms. The molecule has 0 radical (unpaired) electrons. The lowest BCUT2D eigenvalue weighted by Gasteiger charge is -2.41. The van der Waals surface area contributed by atoms with Gasteiger partial charge in [0.1, 0.15) is 11.5 Å². The fraction of sp³-hybridized carbons (Fsp3) is 0.0847. The average molecular weight is 811 g/mol. The lowest BCUT2D eigenvalue weighted by Crippen LogP contribution is -2.59. The minimum absolute atomic E-state index is 0.0452. The van der Waals surface area contributed by atoms with Crippen molar-refractivity contribution in [1.82, 2.24) is 0 Å². The van der Waals surface area contributed by atoms with E-state index < -0.39 is 0 Å². The topological polar surface area (TPSA) is 15.7 Å². The summed E-state index contributed by atoms with van der Waals surface area (Å²) in [6.45, 7) is 8.95. The third-order valence-corrected chi connectivity index (χ3v) is 12.7. The summed E-state index contributed by atoms with van der Waals surface area (Å²) in [6.07, 6.45) is 0. The number of anilines is 6. The van der Waals surface area contributed by atoms with Gasteiger partial charge in [-0.3, -0.25) is 0 Å². The van der Waals surface area contributed by atoms with E-state index in [4.69, 9.17) is 4.74 Å². The van der Waals surface area contributed by atoms with Gasteiger partial charge in [0.25, 0.3) is 6.71 Å². The van der Waals surface area contributed by atoms with Gasteiger partial charge in [-0.25, -0.2) is 0 Å². The van der Waals surface area contributed by atoms with E-state index in [1.807, 2.05) is 0 Å². The van der Waals surface area contributed by atoms with Crippen LogP contribution in [0.2, 0.25) is 0 Å². The second kappa shape index (κ2) is 15.4. The number of benzene rings is 9. The molecule has 0 N–H and O–H groups in total. The number of nitrogens with zero attached hydrogens (tertiary/aromatic N) is 2. The van der Waals surface area contributed by atoms with Crippen LogP contribution in [-0.4, -0.2) is 6.71 Å². The van der Waals surface area contributed by atoms with Gasteiger partial charge in [0, 0.05) is 40.1 Å². The number of para-hydroxylation sites is 2. The van der Waals surface area contributed by atoms with E-state index in [2.05, 4.69) is 250 Å². The summed E-state index contributed by atoms with van der Waals surface area (Å²) in [5, 5.41) is 0. The number of ether oxygens (including phenoxy) is 1. The van der Waals surface area contributed by atoms with Crippen molar-refractivity contribution in [2.45, 2.75) is 33.1 Å². The highest BCUT2D eigenvalue weighted by atomic mass is 16.5. The highest BCUT2D eigenvalue weighted by molar-refractivity contribution is 6.99. The highest BCUT2D eigenvalue weighted by Gasteiger charge is 2.43. The molecular formula is C59H47BN2O. The second-order valence-corrected chi connectivity index (χ2v) is 17.9. The zero-order valence-corrected chi connectivity index (χ0v) is 36.1. The van der Waals surface area contributed by atoms with E-state index in [-0.39, 0.29) is 12.1 Å². The highest BCUT2D eigenvalue weighted by Crippen LogP contribution is 2.47. The Hall–Kier alpha value is -7.56. The molecule has 0 saturated carbocycles. The first-order valence-electron chi connectivity index (χ1n) is 21.9. The van der Waals surface area contributed by atoms with E-state index in [9.17, 15) is 0 Å². The Kier molecular flexibility index (Phi) is 9.39. The maximum atomic E-state index is 7.17. The van der Waals surface area contributed by atoms with Gasteiger partial charge < -0.3 is 14.5 Å². The smallest absolute Gasteiger partial charge is 0.256 e. The monoisotopic (exact) mass is 810 g/mol. The molecule has 9 aromatic carbocycles. The van der Waals surface area contributed by atoms with Gasteiger partial charge in [-0.1, -0.05) is 166 Å². The lowest BCUT2D eigenvalue weighted by atomic mass is 9.34. The van der Waals surface area contributed by atoms with Crippen LogP contribution in [0.1, 0.15) is 31.9 Å². The van der Waals surface area contributed by atoms with E-state index in [1.165, 1.54) is 49.9 Å². The summed E-state index contributed by atoms with van der Waals surface area (Å²) in [5.74, 6) is 1.76. The first-order valence-corrected chi connectivity index (χ1v) is 21.9. The summed E-state index contributed by atoms with van der Waals surface area (Å²) in [6, 6.07) is 77.2. The predicted octanol–water partition coefficient (Wildman–Crippen LogP) is 14.2. The molecule has 11 rings (SSSR count). The van der Waals surface area contributed by atoms with Gasteiger partial charge in [0.05, 0.1) is 5.69 Å². The third-order valence-electron chi connectivity index (χ3n) is 12.7. The van der Waals surface area contributed by atoms with Crippen molar-refractivity contribution in [3.63, 3.8) is 0 Å². The van der Waals surface area contributed by atoms with Crippen LogP contribution >= 0.6 is 0 Å². The standard InChI is InChI=1S/C59H47BN2O/c1-40-35-55-58-57(36-40)63-56-39-49(61(47-21-13-7-14-22-47)48-23-15-8-16-24-48)31-32-51(56)60(58)52-38-45(42-19-11-6-12-20-42)28-34-54(52)62(55)53-33-27-44(41-17-9-5-10-18-41)37-50(53)43-25-29-46(30-26-43)59(2,3)4/h5-39H,1-4H3. The fourth-order valence-electron chi connectivity index (χ4n) is 9.60. The maximum Gasteiger partial charge on any atom is 0.256 e. The van der Waals surface area contributed by atoms with Crippen molar-refractivity contribution in [2.75, 3.05) is 9.80 Å². The third kappa shape index (κ3) is 6.89. The molecule has 0 unspecified atom stereocenters. The van der Waals surface area contributed by atoms with Crippen molar-refractivity contribution >= 4 is 57.2 Å². The van der Waals surface area contributed by atoms with E-state index in [1.54, 1.807) is 0 Å². The second-order valence-electron chi connectivity index (χ2n) is 17.9. The molecule has 2 aliphatic rings. The quantitative estimate of drug-likeness (QED) is 0.149. The maximum absolute atomic E-state index is 7.17. The van der Waals surface area contributed by atoms with Gasteiger partial charge >= 0.3 is 0 Å². The minimum Gasteiger partial charge on any atom is -0.458 e. The van der Waals surface area contributed by atoms with Crippen LogP contribution in [-0.2, 0) is 5.41 Å². The molecule has 0 amide bonds. The Bertz CT molecular complexity index is 3080. The SMILES string of the molecule is Cc1cc2c3c(c1)N(c1ccc(-c4ccccc4)cc1-c1ccc(C(C)(C)C)cc1)c1ccc(-c4ccccc4)cc1B3c1ccc(N(c3ccccc3)c3ccccc3)cc1O2. The molecule has 2 aliphatic heterocycles. The van der Waals surface area contributed by atoms with Crippen molar-refractivity contribution < 1.29 is 4.74 Å². The van der Waals surface area contributed by atoms with Crippen LogP contribution in [0.25, 0.3) is 33.4 Å². The van der Waals surface area contributed by atoms with Crippen molar-refractivity contribution in [2.24, 2.45) is 0 Å². The Morgan fingerprint density at radius 1 is 0.429 bits per heavy atom. The molecule has 9 aromatic rings. The van der Waals surface area contributed by atoms with Gasteiger partial charge in [-0.2, -0.15) is 0 Å². The average Bonchev–Trinajstić information content (AvgIpc) is 3.32. The molecule has 0 spiro atoms. The van der Waals surface area contributed by atoms with Crippen molar-refractivity contribution in [1.29, 1.82) is 0 Å². The Labute approximate surface area is 371 Å². The Balaban J connectivity index is 1.14. The predicted molar refractivity (Wildman–Crippen MR) is 267 cm³/mol. The molecule has 0 aliphatic carbocycles. The van der Waals surface area contributed by atoms with Gasteiger partial charge in [-0.05, 0) is 128 Å². The zero-order valence-electron chi connectivity index (χ0n) is 36.1. The zero-order chi connectivity index (χ0) is 42.7. The molecule has 0 atom stereocenters. The summed E-state index contributed by atoms with van der Waals surface area (Å²) >= 11 is 0. The Morgan fingerprint density at radius 2 is 0.984 bits per heavy atom. The molecule has 3 nitrogen and oxygen atoms in total. The van der Waals surface area contributed by atoms with E-state index in [0.29, 0.717) is 0 Å². The number of rotatable bonds is 7. The summed E-state index contributed by atoms with van der Waals surface area (Å²) in [4.78, 5) is 4.81. The summed E-state index contributed by atoms with van der Waals surface area (Å²) in [5.41, 5.74) is 19.8. The number of fused-ring (bicyclic) bond motifs is 4. The van der Waals surface area contributed by atoms with Gasteiger partial charge in [0.2, 0.25) is 0 Å². The molecule has 0 bridgehead atoms. The first kappa shape index (κ1) is 38.4. The van der Waals surface area contributed by atoms with E-state index >= 15 is 0 Å². The minimum atomic E-state index is -0.0664. The summed E-state index contributed by atoms with van der Waals surface area (Å²) in [7, 11) is 0. The van der Waals surface area contributed by atoms with Crippen LogP contribution < -0.4 is 30.9 Å². The molecule has 2 heterocycles. The number of hydrogen-bond donors (Lipinski definition) is 0. The van der Waals surface area contributed by atoms with Crippen LogP contribution in [0.15, 0.2) is 212 Å². The van der Waals surface area contributed by atoms with E-state index in [0.717, 1.165) is 56.6 Å². The molecule has 0 saturated heterocycles. The van der Waals surface area contributed by atoms with Gasteiger partial charge in [-0.15, -0.1) is 0 Å². The number of aryl methyl sites for hydroxylation is 1. The molecule has 0 fully saturated rings. The number of hydrogen-bond acceptors (Lipinski definition) is 3. The van der Waals surface area contributed by atoms with Crippen LogP contribution in [0.3, 0.4) is 0 Å². The van der Waals surface area contributed by atoms with Crippen LogP contribution in [0, 0.1) is 6.92 Å². The van der Waals surface area contributed by atoms with Gasteiger partial charge in [0.15, 0.2) is 0 Å². The molecule has 302 valence electrons. The first-order chi connectivity index (χ1) is 30.8. The largest absolute Gasteiger partial charge is 0.458 e. The van der Waals surface area contributed by atoms with Crippen molar-refractivity contribution in [3.8, 4) is 44.9 Å². The molecule has 0 aromatic heterocycles. The normalized spacial score (nSPS) is 12.5. The fourth-order valence-corrected chi connectivity index (χ4v) is 9.60. The van der Waals surface area contributed by atoms with Crippen molar-refractivity contribution in [3.05, 3.63) is 223 Å². The summed E-state index contributed by atoms with van der Waals surface area (Å²) < 4.78 is 7.17. The molecular weight excluding hydrogens is 763 g/mol.